The Kier molecular flexibility index (Phi) is 5.43. The van der Waals surface area contributed by atoms with Crippen LogP contribution in [0, 0.1) is 0 Å². The van der Waals surface area contributed by atoms with Crippen molar-refractivity contribution in [3.8, 4) is 0 Å². The maximum atomic E-state index is 12.8. The van der Waals surface area contributed by atoms with Gasteiger partial charge in [-0.1, -0.05) is 24.3 Å². The SMILES string of the molecule is CC(NC(=O)C1CCCCN1C(=O)c1ccccc1)c1ccccn1. The fraction of sp³-hybridized carbons (Fsp3) is 0.350. The first-order valence-electron chi connectivity index (χ1n) is 8.74. The van der Waals surface area contributed by atoms with E-state index < -0.39 is 6.04 Å². The predicted molar refractivity (Wildman–Crippen MR) is 95.9 cm³/mol. The number of rotatable bonds is 4. The molecule has 25 heavy (non-hydrogen) atoms. The summed E-state index contributed by atoms with van der Waals surface area (Å²) in [6, 6.07) is 14.2. The molecule has 1 aromatic heterocycles. The number of hydrogen-bond donors (Lipinski definition) is 1. The number of likely N-dealkylation sites (tertiary alicyclic amines) is 1. The van der Waals surface area contributed by atoms with Crippen molar-refractivity contribution in [3.05, 3.63) is 66.0 Å². The summed E-state index contributed by atoms with van der Waals surface area (Å²) in [5, 5.41) is 3.01. The Hall–Kier alpha value is -2.69. The average molecular weight is 337 g/mol. The van der Waals surface area contributed by atoms with E-state index >= 15 is 0 Å². The maximum Gasteiger partial charge on any atom is 0.254 e. The van der Waals surface area contributed by atoms with Crippen molar-refractivity contribution < 1.29 is 9.59 Å². The van der Waals surface area contributed by atoms with Crippen molar-refractivity contribution in [3.63, 3.8) is 0 Å². The van der Waals surface area contributed by atoms with E-state index in [9.17, 15) is 9.59 Å². The minimum Gasteiger partial charge on any atom is -0.346 e. The highest BCUT2D eigenvalue weighted by atomic mass is 16.2. The van der Waals surface area contributed by atoms with Crippen LogP contribution in [0.3, 0.4) is 0 Å². The highest BCUT2D eigenvalue weighted by molar-refractivity contribution is 5.97. The minimum atomic E-state index is -0.424. The van der Waals surface area contributed by atoms with Crippen LogP contribution in [-0.2, 0) is 4.79 Å². The number of hydrogen-bond acceptors (Lipinski definition) is 3. The number of nitrogens with zero attached hydrogens (tertiary/aromatic N) is 2. The molecule has 1 N–H and O–H groups in total. The quantitative estimate of drug-likeness (QED) is 0.933. The molecule has 1 aliphatic rings. The van der Waals surface area contributed by atoms with Crippen LogP contribution in [0.2, 0.25) is 0 Å². The van der Waals surface area contributed by atoms with Gasteiger partial charge < -0.3 is 10.2 Å². The fourth-order valence-corrected chi connectivity index (χ4v) is 3.21. The van der Waals surface area contributed by atoms with Crippen LogP contribution in [0.4, 0.5) is 0 Å². The van der Waals surface area contributed by atoms with Gasteiger partial charge in [0.1, 0.15) is 6.04 Å². The van der Waals surface area contributed by atoms with Gasteiger partial charge >= 0.3 is 0 Å². The zero-order valence-corrected chi connectivity index (χ0v) is 14.4. The number of aromatic nitrogens is 1. The van der Waals surface area contributed by atoms with E-state index in [0.717, 1.165) is 18.5 Å². The largest absolute Gasteiger partial charge is 0.346 e. The number of piperidine rings is 1. The summed E-state index contributed by atoms with van der Waals surface area (Å²) in [4.78, 5) is 31.6. The second kappa shape index (κ2) is 7.92. The number of carbonyl (C=O) groups excluding carboxylic acids is 2. The number of nitrogens with one attached hydrogen (secondary N) is 1. The Bertz CT molecular complexity index is 718. The third-order valence-electron chi connectivity index (χ3n) is 4.58. The smallest absolute Gasteiger partial charge is 0.254 e. The zero-order chi connectivity index (χ0) is 17.6. The molecule has 0 spiro atoms. The van der Waals surface area contributed by atoms with Gasteiger partial charge in [-0.05, 0) is 50.5 Å². The molecule has 2 amide bonds. The summed E-state index contributed by atoms with van der Waals surface area (Å²) in [6.45, 7) is 2.52. The number of benzene rings is 1. The van der Waals surface area contributed by atoms with Gasteiger partial charge in [-0.2, -0.15) is 0 Å². The fourth-order valence-electron chi connectivity index (χ4n) is 3.21. The third-order valence-corrected chi connectivity index (χ3v) is 4.58. The van der Waals surface area contributed by atoms with Gasteiger partial charge in [0.15, 0.2) is 0 Å². The van der Waals surface area contributed by atoms with E-state index in [1.54, 1.807) is 23.2 Å². The summed E-state index contributed by atoms with van der Waals surface area (Å²) in [5.41, 5.74) is 1.44. The van der Waals surface area contributed by atoms with Crippen molar-refractivity contribution in [2.45, 2.75) is 38.3 Å². The minimum absolute atomic E-state index is 0.0778. The van der Waals surface area contributed by atoms with Gasteiger partial charge in [-0.25, -0.2) is 0 Å². The first-order valence-corrected chi connectivity index (χ1v) is 8.74. The van der Waals surface area contributed by atoms with Gasteiger partial charge in [0.25, 0.3) is 5.91 Å². The summed E-state index contributed by atoms with van der Waals surface area (Å²) in [6.07, 6.45) is 4.29. The highest BCUT2D eigenvalue weighted by Crippen LogP contribution is 2.21. The second-order valence-corrected chi connectivity index (χ2v) is 6.36. The van der Waals surface area contributed by atoms with E-state index in [1.807, 2.05) is 43.3 Å². The lowest BCUT2D eigenvalue weighted by Gasteiger charge is -2.35. The molecule has 130 valence electrons. The molecule has 2 unspecified atom stereocenters. The molecular formula is C20H23N3O2. The number of pyridine rings is 1. The lowest BCUT2D eigenvalue weighted by molar-refractivity contribution is -0.127. The summed E-state index contributed by atoms with van der Waals surface area (Å²) < 4.78 is 0. The van der Waals surface area contributed by atoms with Crippen molar-refractivity contribution in [2.75, 3.05) is 6.54 Å². The van der Waals surface area contributed by atoms with Crippen LogP contribution in [0.25, 0.3) is 0 Å². The highest BCUT2D eigenvalue weighted by Gasteiger charge is 2.33. The van der Waals surface area contributed by atoms with Crippen molar-refractivity contribution >= 4 is 11.8 Å². The van der Waals surface area contributed by atoms with E-state index in [-0.39, 0.29) is 17.9 Å². The van der Waals surface area contributed by atoms with Crippen LogP contribution in [0.1, 0.15) is 48.3 Å². The Balaban J connectivity index is 1.72. The van der Waals surface area contributed by atoms with Crippen LogP contribution >= 0.6 is 0 Å². The molecule has 2 aromatic rings. The Morgan fingerprint density at radius 1 is 1.12 bits per heavy atom. The van der Waals surface area contributed by atoms with Crippen LogP contribution in [-0.4, -0.2) is 34.3 Å². The molecule has 0 aliphatic carbocycles. The Labute approximate surface area is 148 Å². The predicted octanol–water partition coefficient (Wildman–Crippen LogP) is 2.95. The molecule has 1 aliphatic heterocycles. The molecule has 1 aromatic carbocycles. The summed E-state index contributed by atoms with van der Waals surface area (Å²) >= 11 is 0. The molecule has 0 radical (unpaired) electrons. The van der Waals surface area contributed by atoms with Gasteiger partial charge in [0, 0.05) is 18.3 Å². The van der Waals surface area contributed by atoms with Crippen molar-refractivity contribution in [2.24, 2.45) is 0 Å². The maximum absolute atomic E-state index is 12.8. The molecular weight excluding hydrogens is 314 g/mol. The third kappa shape index (κ3) is 4.05. The second-order valence-electron chi connectivity index (χ2n) is 6.36. The molecule has 2 heterocycles. The van der Waals surface area contributed by atoms with Gasteiger partial charge in [0.2, 0.25) is 5.91 Å². The molecule has 3 rings (SSSR count). The standard InChI is InChI=1S/C20H23N3O2/c1-15(17-11-5-7-13-21-17)22-19(24)18-12-6-8-14-23(18)20(25)16-9-3-2-4-10-16/h2-5,7,9-11,13,15,18H,6,8,12,14H2,1H3,(H,22,24). The monoisotopic (exact) mass is 337 g/mol. The molecule has 0 bridgehead atoms. The zero-order valence-electron chi connectivity index (χ0n) is 14.4. The lowest BCUT2D eigenvalue weighted by Crippen LogP contribution is -2.52. The first-order chi connectivity index (χ1) is 12.2. The van der Waals surface area contributed by atoms with Gasteiger partial charge in [0.05, 0.1) is 11.7 Å². The molecule has 2 atom stereocenters. The van der Waals surface area contributed by atoms with E-state index in [0.29, 0.717) is 18.5 Å². The van der Waals surface area contributed by atoms with Crippen LogP contribution in [0.5, 0.6) is 0 Å². The molecule has 5 heteroatoms. The van der Waals surface area contributed by atoms with Crippen molar-refractivity contribution in [1.82, 2.24) is 15.2 Å². The first kappa shape index (κ1) is 17.1. The van der Waals surface area contributed by atoms with Gasteiger partial charge in [-0.3, -0.25) is 14.6 Å². The molecule has 0 saturated carbocycles. The number of amides is 2. The molecule has 1 saturated heterocycles. The van der Waals surface area contributed by atoms with Gasteiger partial charge in [-0.15, -0.1) is 0 Å². The van der Waals surface area contributed by atoms with Crippen LogP contribution in [0.15, 0.2) is 54.7 Å². The number of carbonyl (C=O) groups is 2. The normalized spacial score (nSPS) is 18.4. The molecule has 1 fully saturated rings. The van der Waals surface area contributed by atoms with Crippen LogP contribution < -0.4 is 5.32 Å². The lowest BCUT2D eigenvalue weighted by atomic mass is 9.99. The van der Waals surface area contributed by atoms with E-state index in [2.05, 4.69) is 10.3 Å². The average Bonchev–Trinajstić information content (AvgIpc) is 2.68. The van der Waals surface area contributed by atoms with Crippen molar-refractivity contribution in [1.29, 1.82) is 0 Å². The summed E-state index contributed by atoms with van der Waals surface area (Å²) in [5.74, 6) is -0.187. The van der Waals surface area contributed by atoms with E-state index in [4.69, 9.17) is 0 Å². The van der Waals surface area contributed by atoms with E-state index in [1.165, 1.54) is 0 Å². The topological polar surface area (TPSA) is 62.3 Å². The Morgan fingerprint density at radius 3 is 2.60 bits per heavy atom. The molecule has 5 nitrogen and oxygen atoms in total. The Morgan fingerprint density at radius 2 is 1.88 bits per heavy atom. The summed E-state index contributed by atoms with van der Waals surface area (Å²) in [7, 11) is 0.